The predicted octanol–water partition coefficient (Wildman–Crippen LogP) is -2.22. The molecule has 0 aromatic heterocycles. The lowest BCUT2D eigenvalue weighted by molar-refractivity contribution is -0.143. The van der Waals surface area contributed by atoms with E-state index in [0.29, 0.717) is 19.4 Å². The van der Waals surface area contributed by atoms with Crippen molar-refractivity contribution in [3.8, 4) is 0 Å². The number of nitrogens with zero attached hydrogens (tertiary/aromatic N) is 1. The number of nitrogens with one attached hydrogen (secondary N) is 2. The van der Waals surface area contributed by atoms with Gasteiger partial charge in [-0.1, -0.05) is 0 Å². The normalized spacial score (nSPS) is 18.4. The number of aliphatic carboxylic acids is 2. The standard InChI is InChI=1S/C15H24N4O7S/c16-6-11(20)19-5-1-2-10(19)14(24)18-9(7-27)13(23)17-8(15(25)26)3-4-12(21)22/h8-10,27H,1-7,16H2,(H,17,23)(H,18,24)(H,21,22)(H,25,26). The quantitative estimate of drug-likeness (QED) is 0.222. The second kappa shape index (κ2) is 10.7. The molecular formula is C15H24N4O7S. The Morgan fingerprint density at radius 3 is 2.33 bits per heavy atom. The Labute approximate surface area is 161 Å². The molecule has 11 nitrogen and oxygen atoms in total. The van der Waals surface area contributed by atoms with Crippen molar-refractivity contribution in [2.24, 2.45) is 5.73 Å². The fraction of sp³-hybridized carbons (Fsp3) is 0.667. The van der Waals surface area contributed by atoms with E-state index in [2.05, 4.69) is 23.3 Å². The first kappa shape index (κ1) is 22.7. The van der Waals surface area contributed by atoms with Crippen molar-refractivity contribution in [3.63, 3.8) is 0 Å². The lowest BCUT2D eigenvalue weighted by Gasteiger charge is -2.26. The molecule has 27 heavy (non-hydrogen) atoms. The highest BCUT2D eigenvalue weighted by atomic mass is 32.1. The summed E-state index contributed by atoms with van der Waals surface area (Å²) in [6.07, 6.45) is 0.311. The van der Waals surface area contributed by atoms with Crippen LogP contribution in [-0.2, 0) is 24.0 Å². The monoisotopic (exact) mass is 404 g/mol. The van der Waals surface area contributed by atoms with Crippen LogP contribution < -0.4 is 16.4 Å². The number of hydrogen-bond donors (Lipinski definition) is 6. The van der Waals surface area contributed by atoms with Crippen molar-refractivity contribution in [2.45, 2.75) is 43.8 Å². The summed E-state index contributed by atoms with van der Waals surface area (Å²) in [6.45, 7) is 0.159. The molecule has 1 heterocycles. The first-order chi connectivity index (χ1) is 12.7. The minimum absolute atomic E-state index is 0.111. The molecule has 6 N–H and O–H groups in total. The molecule has 0 saturated carbocycles. The smallest absolute Gasteiger partial charge is 0.326 e. The van der Waals surface area contributed by atoms with E-state index >= 15 is 0 Å². The van der Waals surface area contributed by atoms with Crippen molar-refractivity contribution in [2.75, 3.05) is 18.8 Å². The molecule has 1 aliphatic rings. The van der Waals surface area contributed by atoms with Crippen LogP contribution in [0.25, 0.3) is 0 Å². The molecule has 152 valence electrons. The number of carbonyl (C=O) groups is 5. The predicted molar refractivity (Wildman–Crippen MR) is 96.0 cm³/mol. The van der Waals surface area contributed by atoms with Crippen LogP contribution in [-0.4, -0.2) is 81.7 Å². The summed E-state index contributed by atoms with van der Waals surface area (Å²) in [7, 11) is 0. The van der Waals surface area contributed by atoms with Gasteiger partial charge in [0.2, 0.25) is 17.7 Å². The van der Waals surface area contributed by atoms with Gasteiger partial charge in [-0.2, -0.15) is 12.6 Å². The number of carbonyl (C=O) groups excluding carboxylic acids is 3. The van der Waals surface area contributed by atoms with Crippen LogP contribution in [0.15, 0.2) is 0 Å². The van der Waals surface area contributed by atoms with Crippen LogP contribution in [0.4, 0.5) is 0 Å². The Kier molecular flexibility index (Phi) is 9.02. The Bertz CT molecular complexity index is 601. The highest BCUT2D eigenvalue weighted by molar-refractivity contribution is 7.80. The SMILES string of the molecule is NCC(=O)N1CCCC1C(=O)NC(CS)C(=O)NC(CCC(=O)O)C(=O)O. The molecule has 0 radical (unpaired) electrons. The molecule has 1 saturated heterocycles. The van der Waals surface area contributed by atoms with E-state index in [1.807, 2.05) is 0 Å². The van der Waals surface area contributed by atoms with Gasteiger partial charge in [0.05, 0.1) is 6.54 Å². The first-order valence-electron chi connectivity index (χ1n) is 8.37. The minimum Gasteiger partial charge on any atom is -0.481 e. The zero-order chi connectivity index (χ0) is 20.6. The van der Waals surface area contributed by atoms with Gasteiger partial charge in [0.1, 0.15) is 18.1 Å². The third-order valence-electron chi connectivity index (χ3n) is 4.13. The maximum absolute atomic E-state index is 12.4. The molecule has 1 fully saturated rings. The Balaban J connectivity index is 2.71. The zero-order valence-corrected chi connectivity index (χ0v) is 15.5. The second-order valence-corrected chi connectivity index (χ2v) is 6.39. The molecule has 0 aromatic carbocycles. The Morgan fingerprint density at radius 2 is 1.81 bits per heavy atom. The van der Waals surface area contributed by atoms with Crippen LogP contribution >= 0.6 is 12.6 Å². The second-order valence-electron chi connectivity index (χ2n) is 6.02. The van der Waals surface area contributed by atoms with Gasteiger partial charge in [-0.05, 0) is 19.3 Å². The van der Waals surface area contributed by atoms with Crippen molar-refractivity contribution in [1.82, 2.24) is 15.5 Å². The molecule has 3 amide bonds. The lowest BCUT2D eigenvalue weighted by Crippen LogP contribution is -2.56. The van der Waals surface area contributed by atoms with Gasteiger partial charge >= 0.3 is 11.9 Å². The average molecular weight is 404 g/mol. The fourth-order valence-electron chi connectivity index (χ4n) is 2.71. The number of amides is 3. The van der Waals surface area contributed by atoms with E-state index in [0.717, 1.165) is 0 Å². The summed E-state index contributed by atoms with van der Waals surface area (Å²) in [5, 5.41) is 22.4. The van der Waals surface area contributed by atoms with E-state index in [-0.39, 0.29) is 24.6 Å². The van der Waals surface area contributed by atoms with Crippen LogP contribution in [0.1, 0.15) is 25.7 Å². The topological polar surface area (TPSA) is 179 Å². The largest absolute Gasteiger partial charge is 0.481 e. The zero-order valence-electron chi connectivity index (χ0n) is 14.6. The summed E-state index contributed by atoms with van der Waals surface area (Å²) in [5.74, 6) is -4.42. The fourth-order valence-corrected chi connectivity index (χ4v) is 2.97. The summed E-state index contributed by atoms with van der Waals surface area (Å²) < 4.78 is 0. The number of hydrogen-bond acceptors (Lipinski definition) is 7. The van der Waals surface area contributed by atoms with Gasteiger partial charge in [0.15, 0.2) is 0 Å². The molecule has 1 rings (SSSR count). The van der Waals surface area contributed by atoms with Gasteiger partial charge in [0.25, 0.3) is 0 Å². The number of nitrogens with two attached hydrogens (primary N) is 1. The van der Waals surface area contributed by atoms with Gasteiger partial charge in [-0.15, -0.1) is 0 Å². The number of thiol groups is 1. The maximum Gasteiger partial charge on any atom is 0.326 e. The maximum atomic E-state index is 12.4. The molecule has 12 heteroatoms. The van der Waals surface area contributed by atoms with Gasteiger partial charge in [-0.3, -0.25) is 19.2 Å². The van der Waals surface area contributed by atoms with Crippen LogP contribution in [0, 0.1) is 0 Å². The molecule has 0 aromatic rings. The van der Waals surface area contributed by atoms with E-state index < -0.39 is 48.3 Å². The first-order valence-corrected chi connectivity index (χ1v) is 9.00. The van der Waals surface area contributed by atoms with E-state index in [4.69, 9.17) is 15.9 Å². The Hall–Kier alpha value is -2.34. The summed E-state index contributed by atoms with van der Waals surface area (Å²) in [4.78, 5) is 59.6. The average Bonchev–Trinajstić information content (AvgIpc) is 3.11. The molecule has 0 spiro atoms. The molecular weight excluding hydrogens is 380 g/mol. The lowest BCUT2D eigenvalue weighted by atomic mass is 10.1. The van der Waals surface area contributed by atoms with E-state index in [1.165, 1.54) is 4.90 Å². The van der Waals surface area contributed by atoms with Gasteiger partial charge in [-0.25, -0.2) is 4.79 Å². The van der Waals surface area contributed by atoms with Crippen molar-refractivity contribution in [1.29, 1.82) is 0 Å². The third kappa shape index (κ3) is 6.71. The number of carboxylic acid groups (broad SMARTS) is 2. The summed E-state index contributed by atoms with van der Waals surface area (Å²) in [5.41, 5.74) is 5.33. The van der Waals surface area contributed by atoms with Crippen molar-refractivity contribution >= 4 is 42.3 Å². The summed E-state index contributed by atoms with van der Waals surface area (Å²) >= 11 is 4.00. The van der Waals surface area contributed by atoms with Gasteiger partial charge in [0, 0.05) is 18.7 Å². The highest BCUT2D eigenvalue weighted by Crippen LogP contribution is 2.17. The molecule has 0 aliphatic carbocycles. The van der Waals surface area contributed by atoms with Crippen molar-refractivity contribution < 1.29 is 34.2 Å². The van der Waals surface area contributed by atoms with E-state index in [1.54, 1.807) is 0 Å². The van der Waals surface area contributed by atoms with Crippen LogP contribution in [0.5, 0.6) is 0 Å². The number of rotatable bonds is 10. The third-order valence-corrected chi connectivity index (χ3v) is 4.49. The molecule has 3 unspecified atom stereocenters. The van der Waals surface area contributed by atoms with Gasteiger partial charge < -0.3 is 31.5 Å². The number of carboxylic acids is 2. The molecule has 0 bridgehead atoms. The van der Waals surface area contributed by atoms with Crippen LogP contribution in [0.2, 0.25) is 0 Å². The summed E-state index contributed by atoms with van der Waals surface area (Å²) in [6, 6.07) is -3.30. The molecule has 3 atom stereocenters. The molecule has 1 aliphatic heterocycles. The van der Waals surface area contributed by atoms with E-state index in [9.17, 15) is 24.0 Å². The van der Waals surface area contributed by atoms with Crippen molar-refractivity contribution in [3.05, 3.63) is 0 Å². The van der Waals surface area contributed by atoms with Crippen LogP contribution in [0.3, 0.4) is 0 Å². The minimum atomic E-state index is -1.41. The number of likely N-dealkylation sites (tertiary alicyclic amines) is 1. The highest BCUT2D eigenvalue weighted by Gasteiger charge is 2.35. The Morgan fingerprint density at radius 1 is 1.15 bits per heavy atom.